The van der Waals surface area contributed by atoms with E-state index in [1.807, 2.05) is 53.9 Å². The van der Waals surface area contributed by atoms with E-state index in [9.17, 15) is 27.6 Å². The standard InChI is InChI=1S/C28H21ClF3IN2O5/c1-14-6-15(2)8-17(7-14)13-40-24-21(33)10-16(11-23(24)39-3)9-19-25(36)34-27(38)35(26(19)37)22-12-18(28(30,31)32)4-5-20(22)29/h4-12H,13H2,1-3H3,(H,34,36,38)/b19-9-. The first-order chi connectivity index (χ1) is 18.8. The van der Waals surface area contributed by atoms with Crippen molar-refractivity contribution < 1.29 is 37.0 Å². The Balaban J connectivity index is 1.68. The fourth-order valence-electron chi connectivity index (χ4n) is 4.17. The van der Waals surface area contributed by atoms with Gasteiger partial charge in [-0.15, -0.1) is 0 Å². The van der Waals surface area contributed by atoms with Crippen LogP contribution in [0.25, 0.3) is 6.08 Å². The van der Waals surface area contributed by atoms with Gasteiger partial charge in [-0.05, 0) is 84.0 Å². The lowest BCUT2D eigenvalue weighted by molar-refractivity contribution is -0.137. The van der Waals surface area contributed by atoms with E-state index in [0.717, 1.165) is 28.8 Å². The molecule has 0 bridgehead atoms. The third-order valence-corrected chi connectivity index (χ3v) is 6.96. The van der Waals surface area contributed by atoms with Crippen LogP contribution in [0.3, 0.4) is 0 Å². The number of hydrogen-bond donors (Lipinski definition) is 1. The van der Waals surface area contributed by atoms with Gasteiger partial charge in [0.1, 0.15) is 12.2 Å². The molecule has 3 aromatic rings. The molecule has 0 spiro atoms. The molecule has 7 nitrogen and oxygen atoms in total. The van der Waals surface area contributed by atoms with Gasteiger partial charge in [0.25, 0.3) is 11.8 Å². The monoisotopic (exact) mass is 684 g/mol. The van der Waals surface area contributed by atoms with E-state index >= 15 is 0 Å². The second kappa shape index (κ2) is 11.5. The molecule has 12 heteroatoms. The number of anilines is 1. The van der Waals surface area contributed by atoms with Crippen molar-refractivity contribution in [3.05, 3.63) is 90.5 Å². The number of alkyl halides is 3. The van der Waals surface area contributed by atoms with Crippen LogP contribution in [0.5, 0.6) is 11.5 Å². The van der Waals surface area contributed by atoms with Crippen LogP contribution in [0.1, 0.15) is 27.8 Å². The van der Waals surface area contributed by atoms with Crippen molar-refractivity contribution in [3.8, 4) is 11.5 Å². The average molecular weight is 685 g/mol. The minimum atomic E-state index is -4.75. The van der Waals surface area contributed by atoms with Gasteiger partial charge in [0.2, 0.25) is 0 Å². The minimum Gasteiger partial charge on any atom is -0.493 e. The molecule has 208 valence electrons. The Labute approximate surface area is 246 Å². The van der Waals surface area contributed by atoms with Crippen molar-refractivity contribution in [1.29, 1.82) is 0 Å². The molecule has 1 aliphatic rings. The van der Waals surface area contributed by atoms with Crippen LogP contribution in [0.15, 0.2) is 54.1 Å². The highest BCUT2D eigenvalue weighted by atomic mass is 127. The number of imide groups is 2. The number of urea groups is 1. The van der Waals surface area contributed by atoms with E-state index in [0.29, 0.717) is 31.6 Å². The third kappa shape index (κ3) is 6.25. The Morgan fingerprint density at radius 1 is 1.02 bits per heavy atom. The van der Waals surface area contributed by atoms with E-state index < -0.39 is 40.8 Å². The van der Waals surface area contributed by atoms with Crippen molar-refractivity contribution in [2.75, 3.05) is 12.0 Å². The van der Waals surface area contributed by atoms with E-state index in [1.54, 1.807) is 6.07 Å². The number of halogens is 5. The topological polar surface area (TPSA) is 84.9 Å². The van der Waals surface area contributed by atoms with Gasteiger partial charge in [-0.3, -0.25) is 14.9 Å². The van der Waals surface area contributed by atoms with Crippen molar-refractivity contribution in [1.82, 2.24) is 5.32 Å². The fourth-order valence-corrected chi connectivity index (χ4v) is 5.16. The Morgan fingerprint density at radius 2 is 1.70 bits per heavy atom. The van der Waals surface area contributed by atoms with Crippen LogP contribution in [-0.4, -0.2) is 25.0 Å². The first kappa shape index (κ1) is 29.4. The second-order valence-corrected chi connectivity index (χ2v) is 10.5. The quantitative estimate of drug-likeness (QED) is 0.175. The summed E-state index contributed by atoms with van der Waals surface area (Å²) in [5.74, 6) is -1.39. The summed E-state index contributed by atoms with van der Waals surface area (Å²) in [7, 11) is 1.43. The Hall–Kier alpha value is -3.58. The molecular weight excluding hydrogens is 664 g/mol. The summed E-state index contributed by atoms with van der Waals surface area (Å²) >= 11 is 8.07. The average Bonchev–Trinajstić information content (AvgIpc) is 2.85. The highest BCUT2D eigenvalue weighted by Gasteiger charge is 2.39. The maximum Gasteiger partial charge on any atom is 0.416 e. The number of benzene rings is 3. The van der Waals surface area contributed by atoms with Crippen molar-refractivity contribution in [3.63, 3.8) is 0 Å². The number of ether oxygens (including phenoxy) is 2. The highest BCUT2D eigenvalue weighted by molar-refractivity contribution is 14.1. The number of methoxy groups -OCH3 is 1. The molecule has 0 radical (unpaired) electrons. The normalized spacial score (nSPS) is 14.9. The summed E-state index contributed by atoms with van der Waals surface area (Å²) in [6, 6.07) is 10.2. The van der Waals surface area contributed by atoms with Gasteiger partial charge < -0.3 is 9.47 Å². The largest absolute Gasteiger partial charge is 0.493 e. The number of barbiturate groups is 1. The number of carbonyl (C=O) groups excluding carboxylic acids is 3. The molecule has 0 unspecified atom stereocenters. The molecule has 1 saturated heterocycles. The summed E-state index contributed by atoms with van der Waals surface area (Å²) in [6.45, 7) is 4.24. The number of nitrogens with one attached hydrogen (secondary N) is 1. The molecule has 1 heterocycles. The van der Waals surface area contributed by atoms with Gasteiger partial charge >= 0.3 is 12.2 Å². The SMILES string of the molecule is COc1cc(/C=C2/C(=O)NC(=O)N(c3cc(C(F)(F)F)ccc3Cl)C2=O)cc(I)c1OCc1cc(C)cc(C)c1. The molecule has 1 aliphatic heterocycles. The van der Waals surface area contributed by atoms with Crippen LogP contribution in [0.2, 0.25) is 5.02 Å². The van der Waals surface area contributed by atoms with Crippen LogP contribution < -0.4 is 19.7 Å². The van der Waals surface area contributed by atoms with Crippen LogP contribution >= 0.6 is 34.2 Å². The minimum absolute atomic E-state index is 0.269. The van der Waals surface area contributed by atoms with Crippen LogP contribution in [-0.2, 0) is 22.4 Å². The van der Waals surface area contributed by atoms with Gasteiger partial charge in [-0.2, -0.15) is 13.2 Å². The summed E-state index contributed by atoms with van der Waals surface area (Å²) < 4.78 is 51.9. The molecule has 4 rings (SSSR count). The van der Waals surface area contributed by atoms with Gasteiger partial charge in [-0.1, -0.05) is 40.9 Å². The highest BCUT2D eigenvalue weighted by Crippen LogP contribution is 2.38. The molecule has 0 aromatic heterocycles. The Morgan fingerprint density at radius 3 is 2.33 bits per heavy atom. The molecule has 0 aliphatic carbocycles. The summed E-state index contributed by atoms with van der Waals surface area (Å²) in [5.41, 5.74) is 1.38. The van der Waals surface area contributed by atoms with Gasteiger partial charge in [0.15, 0.2) is 11.5 Å². The molecular formula is C28H21ClF3IN2O5. The van der Waals surface area contributed by atoms with E-state index in [-0.39, 0.29) is 11.6 Å². The molecule has 0 saturated carbocycles. The number of carbonyl (C=O) groups is 3. The van der Waals surface area contributed by atoms with Crippen molar-refractivity contribution in [2.45, 2.75) is 26.6 Å². The van der Waals surface area contributed by atoms with E-state index in [1.165, 1.54) is 19.3 Å². The van der Waals surface area contributed by atoms with Gasteiger partial charge in [0.05, 0.1) is 27.0 Å². The van der Waals surface area contributed by atoms with E-state index in [4.69, 9.17) is 21.1 Å². The van der Waals surface area contributed by atoms with Gasteiger partial charge in [-0.25, -0.2) is 9.69 Å². The van der Waals surface area contributed by atoms with Crippen molar-refractivity contribution >= 4 is 63.8 Å². The first-order valence-corrected chi connectivity index (χ1v) is 13.1. The van der Waals surface area contributed by atoms with Crippen LogP contribution in [0, 0.1) is 17.4 Å². The zero-order valence-electron chi connectivity index (χ0n) is 21.3. The third-order valence-electron chi connectivity index (χ3n) is 5.84. The number of amides is 4. The zero-order valence-corrected chi connectivity index (χ0v) is 24.2. The van der Waals surface area contributed by atoms with E-state index in [2.05, 4.69) is 6.07 Å². The predicted molar refractivity (Wildman–Crippen MR) is 151 cm³/mol. The number of rotatable bonds is 6. The molecule has 1 N–H and O–H groups in total. The molecule has 40 heavy (non-hydrogen) atoms. The molecule has 1 fully saturated rings. The summed E-state index contributed by atoms with van der Waals surface area (Å²) in [4.78, 5) is 38.8. The second-order valence-electron chi connectivity index (χ2n) is 8.94. The number of nitrogens with zero attached hydrogens (tertiary/aromatic N) is 1. The number of aryl methyl sites for hydroxylation is 2. The summed E-state index contributed by atoms with van der Waals surface area (Å²) in [6.07, 6.45) is -3.55. The maximum atomic E-state index is 13.3. The number of hydrogen-bond acceptors (Lipinski definition) is 5. The van der Waals surface area contributed by atoms with Gasteiger partial charge in [0, 0.05) is 0 Å². The first-order valence-electron chi connectivity index (χ1n) is 11.6. The molecule has 0 atom stereocenters. The smallest absolute Gasteiger partial charge is 0.416 e. The Kier molecular flexibility index (Phi) is 8.45. The maximum absolute atomic E-state index is 13.3. The molecule has 3 aromatic carbocycles. The fraction of sp³-hybridized carbons (Fsp3) is 0.179. The lowest BCUT2D eigenvalue weighted by Crippen LogP contribution is -2.54. The zero-order chi connectivity index (χ0) is 29.4. The lowest BCUT2D eigenvalue weighted by Gasteiger charge is -2.27. The van der Waals surface area contributed by atoms with Crippen LogP contribution in [0.4, 0.5) is 23.7 Å². The Bertz CT molecular complexity index is 1550. The summed E-state index contributed by atoms with van der Waals surface area (Å²) in [5, 5.41) is 1.69. The van der Waals surface area contributed by atoms with Crippen molar-refractivity contribution in [2.24, 2.45) is 0 Å². The predicted octanol–water partition coefficient (Wildman–Crippen LogP) is 6.83. The molecule has 4 amide bonds. The lowest BCUT2D eigenvalue weighted by atomic mass is 10.1.